The average molecular weight is 1310 g/mol. The third-order valence-electron chi connectivity index (χ3n) is 15.3. The van der Waals surface area contributed by atoms with Crippen LogP contribution >= 0.6 is 12.3 Å². The molecule has 0 saturated carbocycles. The molecule has 3 aliphatic heterocycles. The van der Waals surface area contributed by atoms with E-state index in [1.165, 1.54) is 37.3 Å². The number of aliphatic hydroxyl groups excluding tert-OH is 6. The van der Waals surface area contributed by atoms with Gasteiger partial charge in [0.2, 0.25) is 53.1 Å². The van der Waals surface area contributed by atoms with Crippen molar-refractivity contribution in [3.63, 3.8) is 0 Å². The fourth-order valence-corrected chi connectivity index (χ4v) is 10.8. The van der Waals surface area contributed by atoms with Gasteiger partial charge < -0.3 is 96.5 Å². The Morgan fingerprint density at radius 3 is 2.00 bits per heavy atom. The molecule has 4 aromatic carbocycles. The molecule has 33 heteroatoms. The average Bonchev–Trinajstić information content (AvgIpc) is 1.63. The Balaban J connectivity index is 0.0000120. The Labute approximate surface area is 551 Å². The van der Waals surface area contributed by atoms with Gasteiger partial charge in [-0.3, -0.25) is 43.4 Å². The number of aromatic nitrogens is 2. The van der Waals surface area contributed by atoms with Gasteiger partial charge in [0.25, 0.3) is 18.2 Å². The fraction of sp³-hybridized carbons (Fsp3) is 0.390. The number of hydrogen-bond donors (Lipinski definition) is 13. The zero-order chi connectivity index (χ0) is 65.8. The number of rotatable bonds is 19. The van der Waals surface area contributed by atoms with Gasteiger partial charge in [0, 0.05) is 61.5 Å². The molecule has 4 heterocycles. The molecule has 1 aromatic heterocycles. The molecule has 3 fully saturated rings. The van der Waals surface area contributed by atoms with E-state index in [4.69, 9.17) is 19.1 Å². The Bertz CT molecular complexity index is 3440. The summed E-state index contributed by atoms with van der Waals surface area (Å²) < 4.78 is 20.7. The van der Waals surface area contributed by atoms with E-state index in [0.29, 0.717) is 23.5 Å². The van der Waals surface area contributed by atoms with Crippen LogP contribution in [0.15, 0.2) is 108 Å². The topological polar surface area (TPSA) is 470 Å². The summed E-state index contributed by atoms with van der Waals surface area (Å²) in [7, 11) is 0. The summed E-state index contributed by atoms with van der Waals surface area (Å²) in [5.74, 6) is -10.4. The maximum absolute atomic E-state index is 14.7. The van der Waals surface area contributed by atoms with E-state index in [9.17, 15) is 79.4 Å². The van der Waals surface area contributed by atoms with Crippen molar-refractivity contribution in [3.8, 4) is 51.3 Å². The summed E-state index contributed by atoms with van der Waals surface area (Å²) in [5, 5.41) is 112. The SMILES string of the molecule is C=CCOc1ccc(-c2ccc(-c3nnc(-c4ccc(C(=O)NC5CC(O)CNC(=O)C6C(O)C(C)CN6C(=O)C(C(O)CC(N)=O)NC(=O)C(C(O)Cc6ccc(O)c(OSOO[O-])c6)NC(=O)C6CC(O)CN6C(=O)C(C(C)O)NC5=O)cc4)o3)cc2)cc1.[Na+]. The second kappa shape index (κ2) is 32.5. The van der Waals surface area contributed by atoms with Gasteiger partial charge in [-0.25, -0.2) is 0 Å². The first-order valence-electron chi connectivity index (χ1n) is 28.4. The van der Waals surface area contributed by atoms with Gasteiger partial charge in [-0.2, -0.15) is 0 Å². The van der Waals surface area contributed by atoms with Crippen LogP contribution in [-0.2, 0) is 49.4 Å². The number of aromatic hydroxyl groups is 1. The molecule has 0 bridgehead atoms. The van der Waals surface area contributed by atoms with Crippen LogP contribution in [-0.4, -0.2) is 202 Å². The molecule has 0 radical (unpaired) electrons. The fourth-order valence-electron chi connectivity index (χ4n) is 10.6. The van der Waals surface area contributed by atoms with E-state index >= 15 is 0 Å². The smallest absolute Gasteiger partial charge is 0.691 e. The summed E-state index contributed by atoms with van der Waals surface area (Å²) in [6, 6.07) is 12.2. The van der Waals surface area contributed by atoms with E-state index < -0.39 is 177 Å². The van der Waals surface area contributed by atoms with Crippen LogP contribution in [0.1, 0.15) is 49.0 Å². The van der Waals surface area contributed by atoms with E-state index in [2.05, 4.69) is 52.7 Å². The number of aliphatic hydroxyl groups is 6. The van der Waals surface area contributed by atoms with Crippen molar-refractivity contribution in [1.29, 1.82) is 0 Å². The van der Waals surface area contributed by atoms with Gasteiger partial charge in [-0.1, -0.05) is 49.9 Å². The van der Waals surface area contributed by atoms with E-state index in [1.54, 1.807) is 18.2 Å². The Kier molecular flexibility index (Phi) is 25.2. The summed E-state index contributed by atoms with van der Waals surface area (Å²) in [5.41, 5.74) is 8.26. The van der Waals surface area contributed by atoms with Crippen LogP contribution in [0.5, 0.6) is 17.2 Å². The number of nitrogens with zero attached hydrogens (tertiary/aromatic N) is 4. The predicted octanol–water partition coefficient (Wildman–Crippen LogP) is -5.67. The summed E-state index contributed by atoms with van der Waals surface area (Å²) in [4.78, 5) is 115. The van der Waals surface area contributed by atoms with Gasteiger partial charge >= 0.3 is 29.6 Å². The number of hydrogen-bond acceptors (Lipinski definition) is 24. The van der Waals surface area contributed by atoms with Crippen LogP contribution in [0.3, 0.4) is 0 Å². The van der Waals surface area contributed by atoms with Gasteiger partial charge in [0.15, 0.2) is 11.5 Å². The first-order chi connectivity index (χ1) is 43.4. The number of β-amino-alcohol motifs (C(OH)–C–C–N with tert-alkyl or cyclic N) is 1. The van der Waals surface area contributed by atoms with E-state index in [1.807, 2.05) is 36.4 Å². The summed E-state index contributed by atoms with van der Waals surface area (Å²) >= 11 is -0.0103. The number of nitrogens with two attached hydrogens (primary N) is 1. The van der Waals surface area contributed by atoms with Gasteiger partial charge in [0.1, 0.15) is 48.6 Å². The maximum Gasteiger partial charge on any atom is 1.00 e. The summed E-state index contributed by atoms with van der Waals surface area (Å²) in [6.45, 7) is 4.82. The molecule has 3 saturated heterocycles. The Morgan fingerprint density at radius 1 is 0.783 bits per heavy atom. The number of phenols is 1. The second-order valence-electron chi connectivity index (χ2n) is 21.9. The maximum atomic E-state index is 14.7. The first kappa shape index (κ1) is 71.4. The van der Waals surface area contributed by atoms with Crippen LogP contribution in [0.25, 0.3) is 34.0 Å². The molecule has 13 unspecified atom stereocenters. The molecule has 0 spiro atoms. The quantitative estimate of drug-likeness (QED) is 0.00915. The zero-order valence-electron chi connectivity index (χ0n) is 49.7. The van der Waals surface area contributed by atoms with Gasteiger partial charge in [0.05, 0.1) is 43.0 Å². The molecule has 3 aliphatic rings. The third-order valence-corrected chi connectivity index (χ3v) is 15.7. The minimum absolute atomic E-state index is 0. The largest absolute Gasteiger partial charge is 1.00 e. The first-order valence-corrected chi connectivity index (χ1v) is 29.1. The van der Waals surface area contributed by atoms with Crippen LogP contribution < -0.4 is 76.1 Å². The number of ether oxygens (including phenoxy) is 1. The van der Waals surface area contributed by atoms with Gasteiger partial charge in [-0.15, -0.1) is 14.5 Å². The predicted molar refractivity (Wildman–Crippen MR) is 313 cm³/mol. The number of carbonyl (C=O) groups is 8. The molecule has 8 rings (SSSR count). The number of phenolic OH excluding ortho intramolecular Hbond substituents is 1. The molecule has 31 nitrogen and oxygen atoms in total. The van der Waals surface area contributed by atoms with Crippen molar-refractivity contribution in [2.24, 2.45) is 11.7 Å². The molecule has 0 aliphatic carbocycles. The Morgan fingerprint density at radius 2 is 1.38 bits per heavy atom. The molecule has 5 aromatic rings. The monoisotopic (exact) mass is 1310 g/mol. The number of fused-ring (bicyclic) bond motifs is 2. The summed E-state index contributed by atoms with van der Waals surface area (Å²) in [6.07, 6.45) is -12.1. The number of carbonyl (C=O) groups excluding carboxylic acids is 8. The molecule has 8 amide bonds. The Hall–Kier alpha value is -8.09. The molecular weight excluding hydrogens is 1240 g/mol. The van der Waals surface area contributed by atoms with Crippen LogP contribution in [0.4, 0.5) is 0 Å². The molecule has 486 valence electrons. The van der Waals surface area contributed by atoms with Crippen molar-refractivity contribution in [2.75, 3.05) is 26.2 Å². The number of nitrogens with one attached hydrogen (secondary N) is 5. The van der Waals surface area contributed by atoms with Gasteiger partial charge in [-0.05, 0) is 84.3 Å². The third kappa shape index (κ3) is 17.7. The standard InChI is InChI=1S/C59H68N10O21S.Na/c1-4-19-86-38-16-14-32(15-17-38)31-6-10-34(11-7-31)56-66-67-57(87-56)35-12-8-33(9-13-35)51(78)62-39-22-36(71)25-61-55(82)49-50(77)28(2)26-69(49)59(84)48(43(75)24-45(60)76)65-54(81)47(42(74)20-30-5-18-41(73)44(21-30)88-91-90-89-85)64-53(80)40-23-37(72)27-68(40)58(83)46(29(3)70)63-52(39)79;/h4-18,21,28-29,36-37,39-40,42-43,46-50,70-75,77,85H,1,19-20,22-27H2,2-3H3,(H2,60,76)(H,61,82)(H,62,78)(H,63,79)(H,64,80)(H,65,81);/q;+1/p-1. The number of primary amides is 1. The van der Waals surface area contributed by atoms with Crippen molar-refractivity contribution >= 4 is 59.6 Å². The van der Waals surface area contributed by atoms with E-state index in [0.717, 1.165) is 40.0 Å². The van der Waals surface area contributed by atoms with Crippen LogP contribution in [0, 0.1) is 5.92 Å². The minimum Gasteiger partial charge on any atom is -0.691 e. The number of benzene rings is 4. The molecule has 13 atom stereocenters. The van der Waals surface area contributed by atoms with Crippen molar-refractivity contribution in [3.05, 3.63) is 115 Å². The normalized spacial score (nSPS) is 24.4. The van der Waals surface area contributed by atoms with Crippen molar-refractivity contribution < 1.29 is 132 Å². The number of amides is 8. The zero-order valence-corrected chi connectivity index (χ0v) is 52.5. The minimum atomic E-state index is -2.23. The molecule has 92 heavy (non-hydrogen) atoms. The van der Waals surface area contributed by atoms with Crippen molar-refractivity contribution in [1.82, 2.24) is 46.6 Å². The van der Waals surface area contributed by atoms with Crippen LogP contribution in [0.2, 0.25) is 0 Å². The molecular formula is C59H67N10NaO21S. The second-order valence-corrected chi connectivity index (χ2v) is 22.4. The van der Waals surface area contributed by atoms with Crippen molar-refractivity contribution in [2.45, 2.75) is 112 Å². The van der Waals surface area contributed by atoms with E-state index in [-0.39, 0.29) is 70.5 Å². The molecule has 14 N–H and O–H groups in total.